The quantitative estimate of drug-likeness (QED) is 0.897. The van der Waals surface area contributed by atoms with Crippen molar-refractivity contribution in [3.05, 3.63) is 33.8 Å². The number of carbonyl (C=O) groups excluding carboxylic acids is 2. The van der Waals surface area contributed by atoms with Crippen LogP contribution >= 0.6 is 23.2 Å². The third kappa shape index (κ3) is 5.06. The fourth-order valence-corrected chi connectivity index (χ4v) is 1.99. The van der Waals surface area contributed by atoms with Crippen LogP contribution in [0.3, 0.4) is 0 Å². The van der Waals surface area contributed by atoms with Crippen LogP contribution < -0.4 is 10.6 Å². The molecule has 2 amide bonds. The van der Waals surface area contributed by atoms with Crippen molar-refractivity contribution in [1.82, 2.24) is 10.6 Å². The fourth-order valence-electron chi connectivity index (χ4n) is 1.42. The summed E-state index contributed by atoms with van der Waals surface area (Å²) in [5, 5.41) is 6.04. The summed E-state index contributed by atoms with van der Waals surface area (Å²) >= 11 is 11.8. The number of carbonyl (C=O) groups is 2. The summed E-state index contributed by atoms with van der Waals surface area (Å²) in [5.74, 6) is -0.483. The average Bonchev–Trinajstić information content (AvgIpc) is 2.35. The first-order valence-electron chi connectivity index (χ1n) is 5.50. The molecule has 19 heavy (non-hydrogen) atoms. The van der Waals surface area contributed by atoms with E-state index in [1.165, 1.54) is 7.11 Å². The van der Waals surface area contributed by atoms with E-state index in [0.717, 1.165) is 5.56 Å². The van der Waals surface area contributed by atoms with Crippen molar-refractivity contribution in [2.24, 2.45) is 0 Å². The molecule has 0 aromatic heterocycles. The minimum Gasteiger partial charge on any atom is -0.453 e. The molecule has 0 aliphatic carbocycles. The molecule has 0 spiro atoms. The van der Waals surface area contributed by atoms with Gasteiger partial charge in [-0.3, -0.25) is 10.1 Å². The molecule has 0 unspecified atom stereocenters. The topological polar surface area (TPSA) is 67.4 Å². The van der Waals surface area contributed by atoms with Crippen molar-refractivity contribution in [3.8, 4) is 0 Å². The number of nitrogens with one attached hydrogen (secondary N) is 2. The molecular weight excluding hydrogens is 291 g/mol. The lowest BCUT2D eigenvalue weighted by atomic mass is 10.1. The highest BCUT2D eigenvalue weighted by Gasteiger charge is 2.12. The van der Waals surface area contributed by atoms with Gasteiger partial charge >= 0.3 is 6.09 Å². The Morgan fingerprint density at radius 2 is 2.05 bits per heavy atom. The smallest absolute Gasteiger partial charge is 0.413 e. The molecule has 1 aromatic carbocycles. The van der Waals surface area contributed by atoms with Gasteiger partial charge < -0.3 is 10.1 Å². The molecule has 1 rings (SSSR count). The molecule has 104 valence electrons. The summed E-state index contributed by atoms with van der Waals surface area (Å²) in [7, 11) is 1.19. The van der Waals surface area contributed by atoms with Gasteiger partial charge in [-0.1, -0.05) is 29.3 Å². The zero-order valence-corrected chi connectivity index (χ0v) is 12.0. The Kier molecular flexibility index (Phi) is 6.08. The first-order chi connectivity index (χ1) is 8.93. The maximum Gasteiger partial charge on any atom is 0.413 e. The second-order valence-electron chi connectivity index (χ2n) is 3.81. The minimum absolute atomic E-state index is 0.0325. The summed E-state index contributed by atoms with van der Waals surface area (Å²) in [5.41, 5.74) is 0.817. The van der Waals surface area contributed by atoms with E-state index in [1.807, 2.05) is 12.2 Å². The van der Waals surface area contributed by atoms with Gasteiger partial charge in [0.2, 0.25) is 5.91 Å². The van der Waals surface area contributed by atoms with Gasteiger partial charge in [-0.25, -0.2) is 4.79 Å². The monoisotopic (exact) mass is 304 g/mol. The number of methoxy groups -OCH3 is 1. The van der Waals surface area contributed by atoms with Crippen LogP contribution in [0.1, 0.15) is 18.5 Å². The van der Waals surface area contributed by atoms with Crippen molar-refractivity contribution < 1.29 is 14.3 Å². The van der Waals surface area contributed by atoms with E-state index in [4.69, 9.17) is 23.2 Å². The molecule has 7 heteroatoms. The predicted molar refractivity (Wildman–Crippen MR) is 73.4 cm³/mol. The van der Waals surface area contributed by atoms with E-state index in [0.29, 0.717) is 10.0 Å². The van der Waals surface area contributed by atoms with Crippen LogP contribution in [0.15, 0.2) is 18.2 Å². The first kappa shape index (κ1) is 15.8. The van der Waals surface area contributed by atoms with Gasteiger partial charge in [0.1, 0.15) is 0 Å². The molecule has 0 radical (unpaired) electrons. The van der Waals surface area contributed by atoms with Crippen LogP contribution in [-0.2, 0) is 9.53 Å². The summed E-state index contributed by atoms with van der Waals surface area (Å²) in [6, 6.07) is 4.97. The molecule has 0 saturated heterocycles. The fraction of sp³-hybridized carbons (Fsp3) is 0.333. The van der Waals surface area contributed by atoms with Crippen molar-refractivity contribution in [2.75, 3.05) is 13.7 Å². The zero-order chi connectivity index (χ0) is 14.4. The molecule has 0 aliphatic rings. The van der Waals surface area contributed by atoms with Crippen molar-refractivity contribution >= 4 is 35.2 Å². The number of ether oxygens (including phenoxy) is 1. The number of hydrogen-bond donors (Lipinski definition) is 2. The van der Waals surface area contributed by atoms with E-state index in [-0.39, 0.29) is 12.6 Å². The van der Waals surface area contributed by atoms with E-state index in [1.54, 1.807) is 18.2 Å². The lowest BCUT2D eigenvalue weighted by molar-refractivity contribution is -0.119. The second kappa shape index (κ2) is 7.33. The Bertz CT molecular complexity index is 480. The van der Waals surface area contributed by atoms with Gasteiger partial charge in [0.15, 0.2) is 0 Å². The second-order valence-corrected chi connectivity index (χ2v) is 4.65. The Balaban J connectivity index is 2.53. The average molecular weight is 305 g/mol. The molecule has 0 fully saturated rings. The third-order valence-corrected chi connectivity index (χ3v) is 2.99. The molecule has 0 aliphatic heterocycles. The highest BCUT2D eigenvalue weighted by Crippen LogP contribution is 2.25. The Morgan fingerprint density at radius 3 is 2.63 bits per heavy atom. The van der Waals surface area contributed by atoms with E-state index >= 15 is 0 Å². The molecule has 1 atom stereocenters. The van der Waals surface area contributed by atoms with Crippen molar-refractivity contribution in [3.63, 3.8) is 0 Å². The molecule has 0 heterocycles. The lowest BCUT2D eigenvalue weighted by Crippen LogP contribution is -2.38. The van der Waals surface area contributed by atoms with Crippen LogP contribution in [0, 0.1) is 0 Å². The number of imide groups is 1. The molecular formula is C12H14Cl2N2O3. The van der Waals surface area contributed by atoms with Crippen LogP contribution in [0.25, 0.3) is 0 Å². The predicted octanol–water partition coefficient (Wildman–Crippen LogP) is 2.53. The Morgan fingerprint density at radius 1 is 1.37 bits per heavy atom. The van der Waals surface area contributed by atoms with Crippen LogP contribution in [0.4, 0.5) is 4.79 Å². The number of halogens is 2. The normalized spacial score (nSPS) is 11.8. The number of benzene rings is 1. The van der Waals surface area contributed by atoms with E-state index < -0.39 is 12.0 Å². The maximum absolute atomic E-state index is 11.4. The van der Waals surface area contributed by atoms with Gasteiger partial charge in [-0.05, 0) is 24.6 Å². The molecule has 5 nitrogen and oxygen atoms in total. The van der Waals surface area contributed by atoms with Crippen LogP contribution in [0.2, 0.25) is 10.0 Å². The third-order valence-electron chi connectivity index (χ3n) is 2.42. The Hall–Kier alpha value is -1.30. The lowest BCUT2D eigenvalue weighted by Gasteiger charge is -2.15. The molecule has 0 bridgehead atoms. The largest absolute Gasteiger partial charge is 0.453 e. The van der Waals surface area contributed by atoms with Gasteiger partial charge in [-0.15, -0.1) is 0 Å². The van der Waals surface area contributed by atoms with Crippen LogP contribution in [0.5, 0.6) is 0 Å². The van der Waals surface area contributed by atoms with Gasteiger partial charge in [0.25, 0.3) is 0 Å². The van der Waals surface area contributed by atoms with Crippen molar-refractivity contribution in [2.45, 2.75) is 13.0 Å². The molecule has 2 N–H and O–H groups in total. The zero-order valence-electron chi connectivity index (χ0n) is 10.5. The summed E-state index contributed by atoms with van der Waals surface area (Å²) < 4.78 is 4.31. The number of alkyl carbamates (subject to hydrolysis) is 1. The maximum atomic E-state index is 11.4. The van der Waals surface area contributed by atoms with Gasteiger partial charge in [-0.2, -0.15) is 0 Å². The van der Waals surface area contributed by atoms with Crippen molar-refractivity contribution in [1.29, 1.82) is 0 Å². The summed E-state index contributed by atoms with van der Waals surface area (Å²) in [4.78, 5) is 22.2. The molecule has 1 aromatic rings. The van der Waals surface area contributed by atoms with Gasteiger partial charge in [0, 0.05) is 16.1 Å². The SMILES string of the molecule is COC(=O)NC(=O)CN[C@H](C)c1ccc(Cl)cc1Cl. The minimum atomic E-state index is -0.788. The standard InChI is InChI=1S/C12H14Cl2N2O3/c1-7(9-4-3-8(13)5-10(9)14)15-6-11(17)16-12(18)19-2/h3-5,7,15H,6H2,1-2H3,(H,16,17,18)/t7-/m1/s1. The highest BCUT2D eigenvalue weighted by atomic mass is 35.5. The Labute approximate surface area is 121 Å². The number of amides is 2. The summed E-state index contributed by atoms with van der Waals surface area (Å²) in [6.07, 6.45) is -0.788. The van der Waals surface area contributed by atoms with E-state index in [9.17, 15) is 9.59 Å². The summed E-state index contributed by atoms with van der Waals surface area (Å²) in [6.45, 7) is 1.82. The van der Waals surface area contributed by atoms with Gasteiger partial charge in [0.05, 0.1) is 13.7 Å². The van der Waals surface area contributed by atoms with E-state index in [2.05, 4.69) is 10.1 Å². The van der Waals surface area contributed by atoms with Crippen LogP contribution in [-0.4, -0.2) is 25.7 Å². The molecule has 0 saturated carbocycles. The first-order valence-corrected chi connectivity index (χ1v) is 6.25. The number of hydrogen-bond acceptors (Lipinski definition) is 4. The number of rotatable bonds is 4. The highest BCUT2D eigenvalue weighted by molar-refractivity contribution is 6.35.